The molecule has 42 valence electrons. The first kappa shape index (κ1) is 4.89. The molecule has 0 saturated carbocycles. The van der Waals surface area contributed by atoms with Crippen molar-refractivity contribution < 1.29 is 9.59 Å². The number of imide groups is 1. The van der Waals surface area contributed by atoms with E-state index >= 15 is 0 Å². The average molecular weight is 113 g/mol. The van der Waals surface area contributed by atoms with Crippen LogP contribution in [0.25, 0.3) is 0 Å². The summed E-state index contributed by atoms with van der Waals surface area (Å²) < 4.78 is 0. The van der Waals surface area contributed by atoms with Crippen molar-refractivity contribution in [1.82, 2.24) is 5.32 Å². The monoisotopic (exact) mass is 113 g/mol. The van der Waals surface area contributed by atoms with Gasteiger partial charge in [0.1, 0.15) is 6.54 Å². The number of hydrogen-bond acceptors (Lipinski definition) is 3. The molecule has 0 radical (unpaired) electrons. The second kappa shape index (κ2) is 1.69. The number of azo groups is 1. The highest BCUT2D eigenvalue weighted by molar-refractivity contribution is 5.96. The molecule has 0 aromatic heterocycles. The molecule has 3 amide bonds. The van der Waals surface area contributed by atoms with E-state index in [9.17, 15) is 9.59 Å². The van der Waals surface area contributed by atoms with Crippen molar-refractivity contribution >= 4 is 11.9 Å². The summed E-state index contributed by atoms with van der Waals surface area (Å²) in [5.41, 5.74) is 0. The quantitative estimate of drug-likeness (QED) is 0.468. The van der Waals surface area contributed by atoms with Gasteiger partial charge in [0.15, 0.2) is 0 Å². The maximum Gasteiger partial charge on any atom is 0.365 e. The Bertz CT molecular complexity index is 162. The molecular formula is C3H3N3O2. The van der Waals surface area contributed by atoms with Gasteiger partial charge in [0, 0.05) is 0 Å². The van der Waals surface area contributed by atoms with Crippen LogP contribution < -0.4 is 5.32 Å². The summed E-state index contributed by atoms with van der Waals surface area (Å²) in [6, 6.07) is -0.679. The van der Waals surface area contributed by atoms with Gasteiger partial charge in [-0.25, -0.2) is 4.79 Å². The summed E-state index contributed by atoms with van der Waals surface area (Å²) in [5, 5.41) is 8.18. The molecule has 1 aliphatic heterocycles. The average Bonchev–Trinajstić information content (AvgIpc) is 1.64. The van der Waals surface area contributed by atoms with Crippen molar-refractivity contribution in [3.63, 3.8) is 0 Å². The van der Waals surface area contributed by atoms with Crippen LogP contribution in [0.4, 0.5) is 4.79 Å². The Labute approximate surface area is 44.8 Å². The van der Waals surface area contributed by atoms with Gasteiger partial charge in [-0.1, -0.05) is 5.11 Å². The van der Waals surface area contributed by atoms with E-state index in [1.807, 2.05) is 5.32 Å². The standard InChI is InChI=1S/C3H3N3O2/c7-2-1-4-6-3(8)5-2/h1H2,(H,5,7,8). The van der Waals surface area contributed by atoms with Gasteiger partial charge in [-0.3, -0.25) is 10.1 Å². The molecule has 0 saturated heterocycles. The van der Waals surface area contributed by atoms with E-state index in [1.165, 1.54) is 0 Å². The van der Waals surface area contributed by atoms with Crippen molar-refractivity contribution in [2.75, 3.05) is 6.54 Å². The Kier molecular flexibility index (Phi) is 1.03. The smallest absolute Gasteiger partial charge is 0.273 e. The molecule has 0 atom stereocenters. The van der Waals surface area contributed by atoms with Crippen LogP contribution in [0.2, 0.25) is 0 Å². The molecule has 5 heteroatoms. The van der Waals surface area contributed by atoms with E-state index in [0.29, 0.717) is 0 Å². The Morgan fingerprint density at radius 3 is 2.62 bits per heavy atom. The highest BCUT2D eigenvalue weighted by atomic mass is 16.2. The van der Waals surface area contributed by atoms with Crippen LogP contribution in [0.15, 0.2) is 10.2 Å². The normalized spacial score (nSPS) is 18.5. The summed E-state index contributed by atoms with van der Waals surface area (Å²) in [7, 11) is 0. The Morgan fingerprint density at radius 1 is 1.50 bits per heavy atom. The van der Waals surface area contributed by atoms with E-state index < -0.39 is 11.9 Å². The van der Waals surface area contributed by atoms with Crippen LogP contribution in [0.1, 0.15) is 0 Å². The van der Waals surface area contributed by atoms with Crippen LogP contribution >= 0.6 is 0 Å². The highest BCUT2D eigenvalue weighted by Gasteiger charge is 2.09. The minimum atomic E-state index is -0.679. The molecule has 0 aromatic carbocycles. The third-order valence-electron chi connectivity index (χ3n) is 0.622. The van der Waals surface area contributed by atoms with Gasteiger partial charge in [0.25, 0.3) is 5.91 Å². The van der Waals surface area contributed by atoms with Crippen molar-refractivity contribution in [2.45, 2.75) is 0 Å². The second-order valence-corrected chi connectivity index (χ2v) is 1.25. The Hall–Kier alpha value is -1.26. The lowest BCUT2D eigenvalue weighted by molar-refractivity contribution is -0.118. The first-order valence-electron chi connectivity index (χ1n) is 2.00. The first-order chi connectivity index (χ1) is 3.79. The van der Waals surface area contributed by atoms with Gasteiger partial charge >= 0.3 is 6.03 Å². The molecule has 8 heavy (non-hydrogen) atoms. The van der Waals surface area contributed by atoms with Gasteiger partial charge in [0.2, 0.25) is 0 Å². The summed E-state index contributed by atoms with van der Waals surface area (Å²) in [6.07, 6.45) is 0. The number of nitrogens with zero attached hydrogens (tertiary/aromatic N) is 2. The molecule has 0 aromatic rings. The number of carbonyl (C=O) groups excluding carboxylic acids is 2. The molecule has 0 fully saturated rings. The third-order valence-corrected chi connectivity index (χ3v) is 0.622. The number of carbonyl (C=O) groups is 2. The molecule has 0 bridgehead atoms. The second-order valence-electron chi connectivity index (χ2n) is 1.25. The molecule has 0 aliphatic carbocycles. The van der Waals surface area contributed by atoms with Gasteiger partial charge in [-0.05, 0) is 0 Å². The van der Waals surface area contributed by atoms with E-state index in [-0.39, 0.29) is 6.54 Å². The van der Waals surface area contributed by atoms with Crippen LogP contribution in [0.5, 0.6) is 0 Å². The lowest BCUT2D eigenvalue weighted by Crippen LogP contribution is -2.32. The number of hydrogen-bond donors (Lipinski definition) is 1. The van der Waals surface area contributed by atoms with Gasteiger partial charge in [-0.2, -0.15) is 5.11 Å². The van der Waals surface area contributed by atoms with Crippen LogP contribution in [0.3, 0.4) is 0 Å². The summed E-state index contributed by atoms with van der Waals surface area (Å²) in [4.78, 5) is 20.3. The van der Waals surface area contributed by atoms with Gasteiger partial charge < -0.3 is 0 Å². The topological polar surface area (TPSA) is 70.9 Å². The molecular weight excluding hydrogens is 110 g/mol. The number of urea groups is 1. The highest BCUT2D eigenvalue weighted by Crippen LogP contribution is 1.85. The molecule has 1 aliphatic rings. The van der Waals surface area contributed by atoms with E-state index in [0.717, 1.165) is 0 Å². The van der Waals surface area contributed by atoms with Gasteiger partial charge in [-0.15, -0.1) is 0 Å². The fraction of sp³-hybridized carbons (Fsp3) is 0.333. The molecule has 0 spiro atoms. The number of rotatable bonds is 0. The van der Waals surface area contributed by atoms with Crippen LogP contribution in [-0.4, -0.2) is 18.5 Å². The molecule has 1 heterocycles. The minimum Gasteiger partial charge on any atom is -0.273 e. The fourth-order valence-electron chi connectivity index (χ4n) is 0.348. The van der Waals surface area contributed by atoms with Crippen molar-refractivity contribution in [1.29, 1.82) is 0 Å². The van der Waals surface area contributed by atoms with E-state index in [1.54, 1.807) is 0 Å². The van der Waals surface area contributed by atoms with Crippen molar-refractivity contribution in [3.05, 3.63) is 0 Å². The molecule has 0 unspecified atom stereocenters. The first-order valence-corrected chi connectivity index (χ1v) is 2.00. The fourth-order valence-corrected chi connectivity index (χ4v) is 0.348. The lowest BCUT2D eigenvalue weighted by Gasteiger charge is -1.98. The summed E-state index contributed by atoms with van der Waals surface area (Å²) in [5.74, 6) is -0.398. The Balaban J connectivity index is 2.68. The van der Waals surface area contributed by atoms with Crippen LogP contribution in [-0.2, 0) is 4.79 Å². The lowest BCUT2D eigenvalue weighted by atomic mass is 10.6. The minimum absolute atomic E-state index is 0.0360. The van der Waals surface area contributed by atoms with E-state index in [2.05, 4.69) is 10.2 Å². The van der Waals surface area contributed by atoms with E-state index in [4.69, 9.17) is 0 Å². The molecule has 1 rings (SSSR count). The zero-order valence-electron chi connectivity index (χ0n) is 3.92. The summed E-state index contributed by atoms with van der Waals surface area (Å²) >= 11 is 0. The number of amides is 3. The summed E-state index contributed by atoms with van der Waals surface area (Å²) in [6.45, 7) is -0.0360. The SMILES string of the molecule is O=C1CN=NC(=O)N1. The predicted molar refractivity (Wildman–Crippen MR) is 23.3 cm³/mol. The van der Waals surface area contributed by atoms with Crippen molar-refractivity contribution in [3.8, 4) is 0 Å². The maximum absolute atomic E-state index is 10.2. The number of nitrogens with one attached hydrogen (secondary N) is 1. The zero-order chi connectivity index (χ0) is 5.98. The molecule has 1 N–H and O–H groups in total. The third kappa shape index (κ3) is 0.868. The zero-order valence-corrected chi connectivity index (χ0v) is 3.92. The maximum atomic E-state index is 10.2. The van der Waals surface area contributed by atoms with Gasteiger partial charge in [0.05, 0.1) is 0 Å². The predicted octanol–water partition coefficient (Wildman–Crippen LogP) is -0.312. The molecule has 5 nitrogen and oxygen atoms in total. The Morgan fingerprint density at radius 2 is 2.25 bits per heavy atom. The van der Waals surface area contributed by atoms with Crippen molar-refractivity contribution in [2.24, 2.45) is 10.2 Å². The van der Waals surface area contributed by atoms with Crippen LogP contribution in [0, 0.1) is 0 Å². The largest absolute Gasteiger partial charge is 0.365 e.